The van der Waals surface area contributed by atoms with Gasteiger partial charge in [-0.15, -0.1) is 0 Å². The molecule has 1 unspecified atom stereocenters. The number of Topliss-reactive ketones (excluding diaryl/α,β-unsaturated/α-hetero) is 1. The van der Waals surface area contributed by atoms with Crippen LogP contribution < -0.4 is 0 Å². The molecule has 24 heavy (non-hydrogen) atoms. The topological polar surface area (TPSA) is 48.0 Å². The number of hydrogen-bond donors (Lipinski definition) is 0. The molecule has 0 saturated carbocycles. The highest BCUT2D eigenvalue weighted by Crippen LogP contribution is 2.41. The van der Waals surface area contributed by atoms with Gasteiger partial charge in [-0.2, -0.15) is 0 Å². The van der Waals surface area contributed by atoms with E-state index in [0.717, 1.165) is 22.2 Å². The number of carbonyl (C=O) groups excluding carboxylic acids is 1. The zero-order chi connectivity index (χ0) is 16.1. The van der Waals surface area contributed by atoms with Gasteiger partial charge in [0, 0.05) is 22.9 Å². The summed E-state index contributed by atoms with van der Waals surface area (Å²) in [6.07, 6.45) is 5.72. The maximum Gasteiger partial charge on any atom is 0.165 e. The third-order valence-electron chi connectivity index (χ3n) is 4.75. The van der Waals surface area contributed by atoms with Gasteiger partial charge in [0.1, 0.15) is 5.58 Å². The largest absolute Gasteiger partial charge is 0.464 e. The number of imidazole rings is 1. The van der Waals surface area contributed by atoms with E-state index < -0.39 is 0 Å². The van der Waals surface area contributed by atoms with Crippen LogP contribution in [0.4, 0.5) is 0 Å². The molecule has 0 saturated heterocycles. The van der Waals surface area contributed by atoms with Gasteiger partial charge in [-0.3, -0.25) is 4.79 Å². The fraction of sp³-hybridized carbons (Fsp3) is 0.100. The van der Waals surface area contributed by atoms with Crippen LogP contribution in [0.3, 0.4) is 0 Å². The van der Waals surface area contributed by atoms with Gasteiger partial charge in [-0.25, -0.2) is 4.98 Å². The maximum absolute atomic E-state index is 12.8. The second kappa shape index (κ2) is 4.93. The van der Waals surface area contributed by atoms with Crippen LogP contribution in [0.5, 0.6) is 0 Å². The van der Waals surface area contributed by atoms with Crippen molar-refractivity contribution in [3.63, 3.8) is 0 Å². The molecule has 0 spiro atoms. The second-order valence-electron chi connectivity index (χ2n) is 6.09. The Morgan fingerprint density at radius 2 is 2.08 bits per heavy atom. The molecule has 1 aliphatic heterocycles. The van der Waals surface area contributed by atoms with Gasteiger partial charge in [0.05, 0.1) is 30.5 Å². The number of furan rings is 1. The van der Waals surface area contributed by atoms with E-state index in [1.165, 1.54) is 5.56 Å². The molecule has 0 fully saturated rings. The lowest BCUT2D eigenvalue weighted by atomic mass is 9.96. The van der Waals surface area contributed by atoms with E-state index in [-0.39, 0.29) is 11.8 Å². The van der Waals surface area contributed by atoms with Crippen molar-refractivity contribution in [1.82, 2.24) is 9.55 Å². The number of fused-ring (bicyclic) bond motifs is 4. The zero-order valence-electron chi connectivity index (χ0n) is 12.8. The van der Waals surface area contributed by atoms with Crippen molar-refractivity contribution >= 4 is 16.8 Å². The third kappa shape index (κ3) is 1.86. The van der Waals surface area contributed by atoms with Crippen LogP contribution in [0.25, 0.3) is 22.2 Å². The van der Waals surface area contributed by atoms with Crippen LogP contribution in [0, 0.1) is 0 Å². The van der Waals surface area contributed by atoms with Gasteiger partial charge < -0.3 is 8.98 Å². The number of rotatable bonds is 3. The summed E-state index contributed by atoms with van der Waals surface area (Å²) in [6, 6.07) is 15.7. The van der Waals surface area contributed by atoms with Gasteiger partial charge in [0.2, 0.25) is 0 Å². The molecule has 4 nitrogen and oxygen atoms in total. The van der Waals surface area contributed by atoms with Crippen molar-refractivity contribution in [2.75, 3.05) is 0 Å². The number of nitrogens with zero attached hydrogens (tertiary/aromatic N) is 2. The van der Waals surface area contributed by atoms with Crippen LogP contribution in [-0.2, 0) is 0 Å². The Labute approximate surface area is 138 Å². The molecule has 0 aliphatic carbocycles. The van der Waals surface area contributed by atoms with Crippen LogP contribution in [0.2, 0.25) is 0 Å². The number of carbonyl (C=O) groups is 1. The number of aromatic nitrogens is 2. The summed E-state index contributed by atoms with van der Waals surface area (Å²) < 4.78 is 7.50. The molecule has 1 atom stereocenters. The normalized spacial score (nSPS) is 15.4. The van der Waals surface area contributed by atoms with Gasteiger partial charge in [-0.1, -0.05) is 36.4 Å². The van der Waals surface area contributed by atoms with E-state index >= 15 is 0 Å². The second-order valence-corrected chi connectivity index (χ2v) is 6.09. The molecule has 0 N–H and O–H groups in total. The molecule has 1 aliphatic rings. The summed E-state index contributed by atoms with van der Waals surface area (Å²) in [4.78, 5) is 17.1. The smallest absolute Gasteiger partial charge is 0.165 e. The van der Waals surface area contributed by atoms with Gasteiger partial charge in [0.15, 0.2) is 5.78 Å². The predicted octanol–water partition coefficient (Wildman–Crippen LogP) is 4.47. The van der Waals surface area contributed by atoms with Crippen molar-refractivity contribution < 1.29 is 9.21 Å². The monoisotopic (exact) mass is 314 g/mol. The standard InChI is InChI=1S/C20H14N2O2/c23-19(14-6-5-13-7-8-24-20(13)9-14)10-17-15-3-1-2-4-16(15)18-11-21-12-22(17)18/h1-9,11-12,17H,10H2. The molecule has 2 aromatic carbocycles. The zero-order valence-corrected chi connectivity index (χ0v) is 12.8. The van der Waals surface area contributed by atoms with E-state index in [4.69, 9.17) is 4.42 Å². The average molecular weight is 314 g/mol. The van der Waals surface area contributed by atoms with Crippen molar-refractivity contribution in [3.05, 3.63) is 78.4 Å². The summed E-state index contributed by atoms with van der Waals surface area (Å²) in [5.74, 6) is 0.106. The molecule has 3 heterocycles. The minimum atomic E-state index is -0.00139. The minimum Gasteiger partial charge on any atom is -0.464 e. The molecule has 5 rings (SSSR count). The van der Waals surface area contributed by atoms with Gasteiger partial charge >= 0.3 is 0 Å². The van der Waals surface area contributed by atoms with E-state index in [1.54, 1.807) is 6.26 Å². The Balaban J connectivity index is 1.52. The van der Waals surface area contributed by atoms with Crippen molar-refractivity contribution in [2.45, 2.75) is 12.5 Å². The molecule has 4 heteroatoms. The van der Waals surface area contributed by atoms with Crippen LogP contribution in [0.1, 0.15) is 28.4 Å². The van der Waals surface area contributed by atoms with Crippen molar-refractivity contribution in [1.29, 1.82) is 0 Å². The van der Waals surface area contributed by atoms with Crippen LogP contribution in [0.15, 0.2) is 71.7 Å². The summed E-state index contributed by atoms with van der Waals surface area (Å²) >= 11 is 0. The lowest BCUT2D eigenvalue weighted by molar-refractivity contribution is 0.0970. The summed E-state index contributed by atoms with van der Waals surface area (Å²) in [6.45, 7) is 0. The van der Waals surface area contributed by atoms with Crippen LogP contribution in [-0.4, -0.2) is 15.3 Å². The van der Waals surface area contributed by atoms with E-state index in [1.807, 2.05) is 48.9 Å². The van der Waals surface area contributed by atoms with Gasteiger partial charge in [0.25, 0.3) is 0 Å². The van der Waals surface area contributed by atoms with E-state index in [2.05, 4.69) is 21.7 Å². The molecular weight excluding hydrogens is 300 g/mol. The third-order valence-corrected chi connectivity index (χ3v) is 4.75. The quantitative estimate of drug-likeness (QED) is 0.524. The Kier molecular flexibility index (Phi) is 2.73. The Morgan fingerprint density at radius 3 is 3.04 bits per heavy atom. The number of benzene rings is 2. The Bertz CT molecular complexity index is 1070. The van der Waals surface area contributed by atoms with E-state index in [0.29, 0.717) is 12.0 Å². The molecule has 2 aromatic heterocycles. The van der Waals surface area contributed by atoms with Gasteiger partial charge in [-0.05, 0) is 17.7 Å². The SMILES string of the molecule is O=C(CC1c2ccccc2-c2cncn21)c1ccc2ccoc2c1. The number of hydrogen-bond acceptors (Lipinski definition) is 3. The lowest BCUT2D eigenvalue weighted by Gasteiger charge is -2.14. The first-order valence-corrected chi connectivity index (χ1v) is 7.93. The van der Waals surface area contributed by atoms with E-state index in [9.17, 15) is 4.79 Å². The Hall–Kier alpha value is -3.14. The first-order chi connectivity index (χ1) is 11.8. The fourth-order valence-electron chi connectivity index (χ4n) is 3.56. The van der Waals surface area contributed by atoms with Crippen molar-refractivity contribution in [3.8, 4) is 11.3 Å². The van der Waals surface area contributed by atoms with Crippen molar-refractivity contribution in [2.24, 2.45) is 0 Å². The first-order valence-electron chi connectivity index (χ1n) is 7.93. The summed E-state index contributed by atoms with van der Waals surface area (Å²) in [5, 5.41) is 1.01. The highest BCUT2D eigenvalue weighted by Gasteiger charge is 2.29. The Morgan fingerprint density at radius 1 is 1.17 bits per heavy atom. The highest BCUT2D eigenvalue weighted by atomic mass is 16.3. The molecule has 4 aromatic rings. The molecule has 0 bridgehead atoms. The fourth-order valence-corrected chi connectivity index (χ4v) is 3.56. The predicted molar refractivity (Wildman–Crippen MR) is 91.0 cm³/mol. The molecule has 0 amide bonds. The lowest BCUT2D eigenvalue weighted by Crippen LogP contribution is -2.11. The van der Waals surface area contributed by atoms with Crippen LogP contribution >= 0.6 is 0 Å². The molecule has 0 radical (unpaired) electrons. The minimum absolute atomic E-state index is 0.00139. The summed E-state index contributed by atoms with van der Waals surface area (Å²) in [7, 11) is 0. The first kappa shape index (κ1) is 13.3. The summed E-state index contributed by atoms with van der Waals surface area (Å²) in [5.41, 5.74) is 4.85. The molecule has 116 valence electrons. The molecular formula is C20H14N2O2. The highest BCUT2D eigenvalue weighted by molar-refractivity contribution is 5.99. The average Bonchev–Trinajstić information content (AvgIpc) is 3.31. The number of ketones is 1. The maximum atomic E-state index is 12.8.